The van der Waals surface area contributed by atoms with E-state index in [9.17, 15) is 0 Å². The summed E-state index contributed by atoms with van der Waals surface area (Å²) in [5, 5.41) is 6.41. The second-order valence-electron chi connectivity index (χ2n) is 4.23. The molecule has 0 aliphatic heterocycles. The fourth-order valence-corrected chi connectivity index (χ4v) is 2.20. The third kappa shape index (κ3) is 2.03. The minimum absolute atomic E-state index is 0.989. The van der Waals surface area contributed by atoms with Crippen LogP contribution in [0, 0.1) is 0 Å². The number of nitrogens with zero attached hydrogens (tertiary/aromatic N) is 2. The molecule has 0 saturated heterocycles. The van der Waals surface area contributed by atoms with Crippen molar-refractivity contribution in [2.75, 3.05) is 21.2 Å². The standard InChI is InChI=1S/C13H18N2O/c1-15(2)14-12-8-4-7-11-10(12)6-5-9-13(11)16-3/h5-6,9H,4,7-8H2,1-3H3/b14-12+. The molecule has 0 heterocycles. The van der Waals surface area contributed by atoms with E-state index in [1.165, 1.54) is 16.8 Å². The predicted molar refractivity (Wildman–Crippen MR) is 66.2 cm³/mol. The van der Waals surface area contributed by atoms with Gasteiger partial charge < -0.3 is 9.75 Å². The van der Waals surface area contributed by atoms with Gasteiger partial charge in [-0.15, -0.1) is 0 Å². The fourth-order valence-electron chi connectivity index (χ4n) is 2.20. The first kappa shape index (κ1) is 11.0. The first-order valence-corrected chi connectivity index (χ1v) is 5.63. The summed E-state index contributed by atoms with van der Waals surface area (Å²) in [4.78, 5) is 0. The van der Waals surface area contributed by atoms with Gasteiger partial charge in [0.1, 0.15) is 5.75 Å². The number of hydrogen-bond donors (Lipinski definition) is 0. The van der Waals surface area contributed by atoms with Crippen LogP contribution >= 0.6 is 0 Å². The fraction of sp³-hybridized carbons (Fsp3) is 0.462. The molecule has 0 spiro atoms. The van der Waals surface area contributed by atoms with Gasteiger partial charge in [-0.1, -0.05) is 12.1 Å². The Morgan fingerprint density at radius 2 is 2.06 bits per heavy atom. The second-order valence-corrected chi connectivity index (χ2v) is 4.23. The van der Waals surface area contributed by atoms with Crippen molar-refractivity contribution in [3.05, 3.63) is 29.3 Å². The van der Waals surface area contributed by atoms with E-state index < -0.39 is 0 Å². The van der Waals surface area contributed by atoms with E-state index in [1.807, 2.05) is 31.2 Å². The molecule has 1 aliphatic rings. The number of methoxy groups -OCH3 is 1. The van der Waals surface area contributed by atoms with Gasteiger partial charge in [0.25, 0.3) is 0 Å². The average molecular weight is 218 g/mol. The lowest BCUT2D eigenvalue weighted by Crippen LogP contribution is -2.16. The monoisotopic (exact) mass is 218 g/mol. The lowest BCUT2D eigenvalue weighted by atomic mass is 9.89. The molecule has 0 fully saturated rings. The van der Waals surface area contributed by atoms with Crippen LogP contribution in [-0.4, -0.2) is 31.9 Å². The second kappa shape index (κ2) is 4.56. The molecule has 2 rings (SSSR count). The zero-order valence-corrected chi connectivity index (χ0v) is 10.2. The van der Waals surface area contributed by atoms with E-state index >= 15 is 0 Å². The molecule has 0 radical (unpaired) electrons. The van der Waals surface area contributed by atoms with E-state index in [0.717, 1.165) is 25.0 Å². The molecule has 0 aromatic heterocycles. The smallest absolute Gasteiger partial charge is 0.122 e. The Morgan fingerprint density at radius 3 is 2.75 bits per heavy atom. The van der Waals surface area contributed by atoms with Crippen LogP contribution in [0.5, 0.6) is 5.75 Å². The maximum absolute atomic E-state index is 5.40. The van der Waals surface area contributed by atoms with Crippen LogP contribution in [0.3, 0.4) is 0 Å². The Kier molecular flexibility index (Phi) is 3.13. The van der Waals surface area contributed by atoms with Crippen LogP contribution in [0.25, 0.3) is 0 Å². The van der Waals surface area contributed by atoms with Crippen LogP contribution in [0.4, 0.5) is 0 Å². The van der Waals surface area contributed by atoms with E-state index in [1.54, 1.807) is 7.11 Å². The largest absolute Gasteiger partial charge is 0.496 e. The normalized spacial score (nSPS) is 17.1. The SMILES string of the molecule is COc1cccc2c1CCC/C2=N\N(C)C. The summed E-state index contributed by atoms with van der Waals surface area (Å²) in [5.74, 6) is 0.989. The van der Waals surface area contributed by atoms with Gasteiger partial charge in [-0.05, 0) is 25.3 Å². The molecular weight excluding hydrogens is 200 g/mol. The van der Waals surface area contributed by atoms with Gasteiger partial charge in [0, 0.05) is 25.2 Å². The molecule has 0 amide bonds. The third-order valence-corrected chi connectivity index (χ3v) is 2.82. The van der Waals surface area contributed by atoms with Crippen molar-refractivity contribution in [3.63, 3.8) is 0 Å². The molecule has 0 atom stereocenters. The van der Waals surface area contributed by atoms with Gasteiger partial charge >= 0.3 is 0 Å². The van der Waals surface area contributed by atoms with Crippen molar-refractivity contribution in [2.45, 2.75) is 19.3 Å². The average Bonchev–Trinajstić information content (AvgIpc) is 2.28. The Bertz CT molecular complexity index is 410. The van der Waals surface area contributed by atoms with Crippen molar-refractivity contribution in [1.82, 2.24) is 5.01 Å². The number of fused-ring (bicyclic) bond motifs is 1. The predicted octanol–water partition coefficient (Wildman–Crippen LogP) is 2.30. The van der Waals surface area contributed by atoms with Gasteiger partial charge in [0.15, 0.2) is 0 Å². The highest BCUT2D eigenvalue weighted by atomic mass is 16.5. The van der Waals surface area contributed by atoms with E-state index in [2.05, 4.69) is 11.2 Å². The van der Waals surface area contributed by atoms with Crippen molar-refractivity contribution in [3.8, 4) is 5.75 Å². The number of ether oxygens (including phenoxy) is 1. The number of benzene rings is 1. The lowest BCUT2D eigenvalue weighted by Gasteiger charge is -2.21. The molecule has 0 N–H and O–H groups in total. The number of rotatable bonds is 2. The molecule has 0 unspecified atom stereocenters. The van der Waals surface area contributed by atoms with Crippen molar-refractivity contribution in [2.24, 2.45) is 5.10 Å². The van der Waals surface area contributed by atoms with E-state index in [-0.39, 0.29) is 0 Å². The van der Waals surface area contributed by atoms with Gasteiger partial charge in [0.05, 0.1) is 12.8 Å². The summed E-state index contributed by atoms with van der Waals surface area (Å²) in [7, 11) is 5.65. The zero-order valence-electron chi connectivity index (χ0n) is 10.2. The molecule has 0 saturated carbocycles. The molecule has 1 aliphatic carbocycles. The topological polar surface area (TPSA) is 24.8 Å². The van der Waals surface area contributed by atoms with Crippen molar-refractivity contribution in [1.29, 1.82) is 0 Å². The van der Waals surface area contributed by atoms with Crippen LogP contribution in [-0.2, 0) is 6.42 Å². The number of hydrazone groups is 1. The molecule has 0 bridgehead atoms. The number of hydrogen-bond acceptors (Lipinski definition) is 3. The van der Waals surface area contributed by atoms with E-state index in [4.69, 9.17) is 4.74 Å². The zero-order chi connectivity index (χ0) is 11.5. The Labute approximate surface area is 96.7 Å². The summed E-state index contributed by atoms with van der Waals surface area (Å²) in [5.41, 5.74) is 3.72. The van der Waals surface area contributed by atoms with Crippen LogP contribution < -0.4 is 4.74 Å². The van der Waals surface area contributed by atoms with Gasteiger partial charge in [0.2, 0.25) is 0 Å². The molecule has 86 valence electrons. The highest BCUT2D eigenvalue weighted by Gasteiger charge is 2.18. The molecular formula is C13H18N2O. The Morgan fingerprint density at radius 1 is 1.25 bits per heavy atom. The Balaban J connectivity index is 2.47. The maximum Gasteiger partial charge on any atom is 0.122 e. The lowest BCUT2D eigenvalue weighted by molar-refractivity contribution is 0.408. The van der Waals surface area contributed by atoms with Crippen LogP contribution in [0.2, 0.25) is 0 Å². The van der Waals surface area contributed by atoms with Crippen molar-refractivity contribution < 1.29 is 4.74 Å². The summed E-state index contributed by atoms with van der Waals surface area (Å²) >= 11 is 0. The first-order chi connectivity index (χ1) is 7.72. The third-order valence-electron chi connectivity index (χ3n) is 2.82. The van der Waals surface area contributed by atoms with Gasteiger partial charge in [-0.25, -0.2) is 0 Å². The summed E-state index contributed by atoms with van der Waals surface area (Å²) < 4.78 is 5.40. The molecule has 1 aromatic carbocycles. The minimum Gasteiger partial charge on any atom is -0.496 e. The van der Waals surface area contributed by atoms with Crippen LogP contribution in [0.1, 0.15) is 24.0 Å². The molecule has 3 heteroatoms. The molecule has 1 aromatic rings. The summed E-state index contributed by atoms with van der Waals surface area (Å²) in [6, 6.07) is 6.20. The minimum atomic E-state index is 0.989. The summed E-state index contributed by atoms with van der Waals surface area (Å²) in [6.07, 6.45) is 3.30. The summed E-state index contributed by atoms with van der Waals surface area (Å²) in [6.45, 7) is 0. The Hall–Kier alpha value is -1.51. The first-order valence-electron chi connectivity index (χ1n) is 5.63. The quantitative estimate of drug-likeness (QED) is 0.711. The van der Waals surface area contributed by atoms with Gasteiger partial charge in [-0.2, -0.15) is 5.10 Å². The highest BCUT2D eigenvalue weighted by Crippen LogP contribution is 2.29. The van der Waals surface area contributed by atoms with Crippen molar-refractivity contribution >= 4 is 5.71 Å². The van der Waals surface area contributed by atoms with Gasteiger partial charge in [-0.3, -0.25) is 0 Å². The maximum atomic E-state index is 5.40. The van der Waals surface area contributed by atoms with Crippen LogP contribution in [0.15, 0.2) is 23.3 Å². The highest BCUT2D eigenvalue weighted by molar-refractivity contribution is 6.03. The van der Waals surface area contributed by atoms with E-state index in [0.29, 0.717) is 0 Å². The molecule has 16 heavy (non-hydrogen) atoms. The molecule has 3 nitrogen and oxygen atoms in total.